The topological polar surface area (TPSA) is 89.1 Å². The Balaban J connectivity index is 1.55. The van der Waals surface area contributed by atoms with Crippen LogP contribution in [0.5, 0.6) is 11.5 Å². The molecule has 7 heteroatoms. The maximum absolute atomic E-state index is 12.9. The number of hydrogen-bond acceptors (Lipinski definition) is 6. The number of hydrogen-bond donors (Lipinski definition) is 2. The Morgan fingerprint density at radius 3 is 2.72 bits per heavy atom. The zero-order chi connectivity index (χ0) is 19.8. The van der Waals surface area contributed by atoms with Gasteiger partial charge in [-0.15, -0.1) is 0 Å². The molecule has 0 atom stereocenters. The number of pyridine rings is 1. The van der Waals surface area contributed by atoms with Crippen LogP contribution in [0, 0.1) is 0 Å². The van der Waals surface area contributed by atoms with Gasteiger partial charge in [-0.25, -0.2) is 4.98 Å². The number of anilines is 2. The maximum atomic E-state index is 12.9. The highest BCUT2D eigenvalue weighted by molar-refractivity contribution is 5.92. The van der Waals surface area contributed by atoms with Crippen LogP contribution in [-0.4, -0.2) is 21.7 Å². The number of ether oxygens (including phenoxy) is 2. The second-order valence-electron chi connectivity index (χ2n) is 6.72. The molecule has 0 unspecified atom stereocenters. The molecule has 0 saturated heterocycles. The van der Waals surface area contributed by atoms with E-state index in [0.717, 1.165) is 23.2 Å². The Morgan fingerprint density at radius 2 is 1.90 bits per heavy atom. The van der Waals surface area contributed by atoms with E-state index in [0.29, 0.717) is 28.5 Å². The second kappa shape index (κ2) is 6.94. The Bertz CT molecular complexity index is 1270. The van der Waals surface area contributed by atoms with Gasteiger partial charge in [-0.3, -0.25) is 9.78 Å². The summed E-state index contributed by atoms with van der Waals surface area (Å²) in [5, 5.41) is 3.57. The molecule has 0 saturated carbocycles. The Hall–Kier alpha value is -3.87. The summed E-state index contributed by atoms with van der Waals surface area (Å²) in [5.74, 6) is 1.70. The van der Waals surface area contributed by atoms with Crippen molar-refractivity contribution in [2.75, 3.05) is 12.1 Å². The highest BCUT2D eigenvalue weighted by atomic mass is 16.7. The molecule has 0 amide bonds. The van der Waals surface area contributed by atoms with Gasteiger partial charge in [-0.2, -0.15) is 4.98 Å². The number of fused-ring (bicyclic) bond motifs is 2. The molecule has 0 fully saturated rings. The summed E-state index contributed by atoms with van der Waals surface area (Å²) in [6, 6.07) is 15.4. The summed E-state index contributed by atoms with van der Waals surface area (Å²) in [7, 11) is 0. The van der Waals surface area contributed by atoms with Crippen molar-refractivity contribution < 1.29 is 9.47 Å². The van der Waals surface area contributed by atoms with Crippen LogP contribution < -0.4 is 20.3 Å². The Kier molecular flexibility index (Phi) is 4.13. The molecule has 5 rings (SSSR count). The summed E-state index contributed by atoms with van der Waals surface area (Å²) >= 11 is 0. The third-order valence-electron chi connectivity index (χ3n) is 4.92. The van der Waals surface area contributed by atoms with Gasteiger partial charge >= 0.3 is 0 Å². The fourth-order valence-corrected chi connectivity index (χ4v) is 3.39. The highest BCUT2D eigenvalue weighted by Gasteiger charge is 2.17. The molecule has 3 heterocycles. The lowest BCUT2D eigenvalue weighted by atomic mass is 10.0. The minimum absolute atomic E-state index is 0.201. The number of nitrogens with one attached hydrogen (secondary N) is 2. The monoisotopic (exact) mass is 386 g/mol. The summed E-state index contributed by atoms with van der Waals surface area (Å²) < 4.78 is 10.8. The zero-order valence-corrected chi connectivity index (χ0v) is 15.7. The van der Waals surface area contributed by atoms with Crippen molar-refractivity contribution in [3.8, 4) is 22.6 Å². The van der Waals surface area contributed by atoms with Crippen LogP contribution in [-0.2, 0) is 6.42 Å². The Morgan fingerprint density at radius 1 is 1.07 bits per heavy atom. The maximum Gasteiger partial charge on any atom is 0.262 e. The fourth-order valence-electron chi connectivity index (χ4n) is 3.39. The van der Waals surface area contributed by atoms with Gasteiger partial charge in [-0.1, -0.05) is 25.1 Å². The van der Waals surface area contributed by atoms with Crippen LogP contribution in [0.4, 0.5) is 11.6 Å². The third-order valence-corrected chi connectivity index (χ3v) is 4.92. The molecule has 0 radical (unpaired) electrons. The summed E-state index contributed by atoms with van der Waals surface area (Å²) in [4.78, 5) is 24.5. The van der Waals surface area contributed by atoms with E-state index in [1.807, 2.05) is 42.5 Å². The molecule has 0 aliphatic carbocycles. The van der Waals surface area contributed by atoms with Crippen molar-refractivity contribution in [1.82, 2.24) is 15.0 Å². The van der Waals surface area contributed by atoms with Gasteiger partial charge in [0.25, 0.3) is 5.56 Å². The van der Waals surface area contributed by atoms with Gasteiger partial charge < -0.3 is 14.8 Å². The van der Waals surface area contributed by atoms with Crippen molar-refractivity contribution in [2.45, 2.75) is 13.3 Å². The minimum Gasteiger partial charge on any atom is -0.454 e. The third kappa shape index (κ3) is 3.16. The van der Waals surface area contributed by atoms with E-state index in [2.05, 4.69) is 27.2 Å². The van der Waals surface area contributed by atoms with Gasteiger partial charge in [0, 0.05) is 11.9 Å². The molecule has 1 aliphatic rings. The largest absolute Gasteiger partial charge is 0.454 e. The van der Waals surface area contributed by atoms with Crippen LogP contribution >= 0.6 is 0 Å². The van der Waals surface area contributed by atoms with Crippen LogP contribution in [0.3, 0.4) is 0 Å². The lowest BCUT2D eigenvalue weighted by molar-refractivity contribution is 0.174. The molecular weight excluding hydrogens is 368 g/mol. The first-order valence-electron chi connectivity index (χ1n) is 9.36. The van der Waals surface area contributed by atoms with E-state index in [4.69, 9.17) is 9.47 Å². The zero-order valence-electron chi connectivity index (χ0n) is 15.7. The molecule has 4 aromatic rings. The predicted molar refractivity (Wildman–Crippen MR) is 111 cm³/mol. The number of aryl methyl sites for hydroxylation is 1. The fraction of sp³-hybridized carbons (Fsp3) is 0.136. The molecule has 2 aromatic carbocycles. The standard InChI is InChI=1S/C22H18N4O3/c1-2-13-3-6-15(7-4-13)24-22-25-20-19(21(27)26-22)16(9-10-23-20)14-5-8-17-18(11-14)29-12-28-17/h3-11H,2,12H2,1H3,(H2,23,24,25,26,27). The number of H-pyrrole nitrogens is 1. The predicted octanol–water partition coefficient (Wildman–Crippen LogP) is 4.02. The van der Waals surface area contributed by atoms with E-state index in [9.17, 15) is 4.79 Å². The molecule has 1 aliphatic heterocycles. The molecule has 144 valence electrons. The van der Waals surface area contributed by atoms with Gasteiger partial charge in [0.2, 0.25) is 12.7 Å². The van der Waals surface area contributed by atoms with Crippen LogP contribution in [0.1, 0.15) is 12.5 Å². The Labute approximate surface area is 166 Å². The lowest BCUT2D eigenvalue weighted by Crippen LogP contribution is -2.13. The molecule has 7 nitrogen and oxygen atoms in total. The molecule has 0 bridgehead atoms. The van der Waals surface area contributed by atoms with Crippen LogP contribution in [0.15, 0.2) is 59.5 Å². The van der Waals surface area contributed by atoms with Gasteiger partial charge in [0.1, 0.15) is 0 Å². The van der Waals surface area contributed by atoms with Crippen molar-refractivity contribution >= 4 is 22.7 Å². The van der Waals surface area contributed by atoms with Crippen LogP contribution in [0.25, 0.3) is 22.2 Å². The first-order chi connectivity index (χ1) is 14.2. The molecule has 2 aromatic heterocycles. The van der Waals surface area contributed by atoms with Gasteiger partial charge in [0.05, 0.1) is 5.39 Å². The normalized spacial score (nSPS) is 12.3. The number of aromatic amines is 1. The quantitative estimate of drug-likeness (QED) is 0.551. The van der Waals surface area contributed by atoms with E-state index >= 15 is 0 Å². The number of rotatable bonds is 4. The number of aromatic nitrogens is 3. The first-order valence-corrected chi connectivity index (χ1v) is 9.36. The van der Waals surface area contributed by atoms with Crippen molar-refractivity contribution in [3.05, 3.63) is 70.6 Å². The van der Waals surface area contributed by atoms with E-state index in [1.54, 1.807) is 12.3 Å². The van der Waals surface area contributed by atoms with E-state index in [-0.39, 0.29) is 12.4 Å². The molecule has 0 spiro atoms. The molecule has 29 heavy (non-hydrogen) atoms. The number of benzene rings is 2. The average Bonchev–Trinajstić information content (AvgIpc) is 3.22. The van der Waals surface area contributed by atoms with Gasteiger partial charge in [0.15, 0.2) is 17.1 Å². The summed E-state index contributed by atoms with van der Waals surface area (Å²) in [5.41, 5.74) is 3.77. The van der Waals surface area contributed by atoms with Crippen molar-refractivity contribution in [1.29, 1.82) is 0 Å². The highest BCUT2D eigenvalue weighted by Crippen LogP contribution is 2.37. The lowest BCUT2D eigenvalue weighted by Gasteiger charge is -2.09. The summed E-state index contributed by atoms with van der Waals surface area (Å²) in [6.45, 7) is 2.31. The van der Waals surface area contributed by atoms with Crippen molar-refractivity contribution in [2.24, 2.45) is 0 Å². The minimum atomic E-state index is -0.261. The SMILES string of the molecule is CCc1ccc(Nc2nc3nccc(-c4ccc5c(c4)OCO5)c3c(=O)[nH]2)cc1. The van der Waals surface area contributed by atoms with Crippen molar-refractivity contribution in [3.63, 3.8) is 0 Å². The van der Waals surface area contributed by atoms with Crippen LogP contribution in [0.2, 0.25) is 0 Å². The van der Waals surface area contributed by atoms with E-state index < -0.39 is 0 Å². The molecular formula is C22H18N4O3. The number of nitrogens with zero attached hydrogens (tertiary/aromatic N) is 2. The van der Waals surface area contributed by atoms with E-state index in [1.165, 1.54) is 5.56 Å². The van der Waals surface area contributed by atoms with Gasteiger partial charge in [-0.05, 0) is 53.4 Å². The summed E-state index contributed by atoms with van der Waals surface area (Å²) in [6.07, 6.45) is 2.62. The second-order valence-corrected chi connectivity index (χ2v) is 6.72. The average molecular weight is 386 g/mol. The smallest absolute Gasteiger partial charge is 0.262 e. The molecule has 2 N–H and O–H groups in total. The first kappa shape index (κ1) is 17.2.